The minimum Gasteiger partial charge on any atom is -0.486 e. The van der Waals surface area contributed by atoms with E-state index in [0.29, 0.717) is 25.2 Å². The van der Waals surface area contributed by atoms with Crippen LogP contribution in [0.3, 0.4) is 0 Å². The van der Waals surface area contributed by atoms with Gasteiger partial charge in [0, 0.05) is 6.04 Å². The molecule has 1 atom stereocenters. The highest BCUT2D eigenvalue weighted by atomic mass is 35.5. The zero-order valence-corrected chi connectivity index (χ0v) is 12.9. The summed E-state index contributed by atoms with van der Waals surface area (Å²) >= 11 is 6.61. The summed E-state index contributed by atoms with van der Waals surface area (Å²) in [4.78, 5) is 0. The molecule has 0 aromatic heterocycles. The van der Waals surface area contributed by atoms with Gasteiger partial charge in [0.2, 0.25) is 0 Å². The first-order chi connectivity index (χ1) is 9.68. The quantitative estimate of drug-likeness (QED) is 0.893. The van der Waals surface area contributed by atoms with Gasteiger partial charge < -0.3 is 14.8 Å². The average molecular weight is 296 g/mol. The van der Waals surface area contributed by atoms with E-state index in [1.807, 2.05) is 0 Å². The van der Waals surface area contributed by atoms with Gasteiger partial charge >= 0.3 is 0 Å². The Labute approximate surface area is 125 Å². The normalized spacial score (nSPS) is 22.1. The number of hydrogen-bond donors (Lipinski definition) is 1. The minimum atomic E-state index is 0.372. The van der Waals surface area contributed by atoms with Crippen molar-refractivity contribution < 1.29 is 9.47 Å². The van der Waals surface area contributed by atoms with Gasteiger partial charge in [0.15, 0.2) is 11.5 Å². The number of benzene rings is 1. The Bertz CT molecular complexity index is 496. The molecule has 0 aliphatic carbocycles. The summed E-state index contributed by atoms with van der Waals surface area (Å²) in [5.74, 6) is 1.89. The van der Waals surface area contributed by atoms with Gasteiger partial charge in [-0.15, -0.1) is 0 Å². The highest BCUT2D eigenvalue weighted by molar-refractivity contribution is 6.33. The zero-order valence-electron chi connectivity index (χ0n) is 12.2. The molecule has 2 heterocycles. The number of rotatable bonds is 2. The molecule has 20 heavy (non-hydrogen) atoms. The molecule has 0 radical (unpaired) electrons. The second-order valence-corrected chi connectivity index (χ2v) is 6.25. The van der Waals surface area contributed by atoms with Crippen molar-refractivity contribution in [2.45, 2.75) is 45.1 Å². The van der Waals surface area contributed by atoms with E-state index in [1.165, 1.54) is 24.0 Å². The van der Waals surface area contributed by atoms with Crippen molar-refractivity contribution in [2.24, 2.45) is 0 Å². The molecule has 1 N–H and O–H groups in total. The molecule has 0 amide bonds. The van der Waals surface area contributed by atoms with Crippen molar-refractivity contribution in [3.05, 3.63) is 22.2 Å². The lowest BCUT2D eigenvalue weighted by molar-refractivity contribution is 0.171. The van der Waals surface area contributed by atoms with Gasteiger partial charge in [-0.2, -0.15) is 0 Å². The molecular formula is C16H22ClNO2. The first-order valence-corrected chi connectivity index (χ1v) is 7.91. The minimum absolute atomic E-state index is 0.372. The molecule has 0 saturated carbocycles. The van der Waals surface area contributed by atoms with Gasteiger partial charge in [0.1, 0.15) is 13.2 Å². The maximum Gasteiger partial charge on any atom is 0.180 e. The predicted molar refractivity (Wildman–Crippen MR) is 81.1 cm³/mol. The standard InChI is InChI=1S/C16H22ClNO2/c1-10(2)14-11(12-5-3-4-6-18-12)9-13-16(15(14)17)20-8-7-19-13/h9-10,12,18H,3-8H2,1-2H3. The van der Waals surface area contributed by atoms with Crippen LogP contribution in [-0.2, 0) is 0 Å². The summed E-state index contributed by atoms with van der Waals surface area (Å²) in [6.45, 7) is 6.62. The summed E-state index contributed by atoms with van der Waals surface area (Å²) in [5.41, 5.74) is 2.49. The molecule has 1 unspecified atom stereocenters. The molecule has 1 aromatic carbocycles. The van der Waals surface area contributed by atoms with Crippen LogP contribution >= 0.6 is 11.6 Å². The maximum absolute atomic E-state index is 6.61. The van der Waals surface area contributed by atoms with Crippen molar-refractivity contribution >= 4 is 11.6 Å². The molecule has 4 heteroatoms. The maximum atomic E-state index is 6.61. The summed E-state index contributed by atoms with van der Waals surface area (Å²) in [6, 6.07) is 2.52. The second-order valence-electron chi connectivity index (χ2n) is 5.87. The van der Waals surface area contributed by atoms with Crippen LogP contribution in [0.15, 0.2) is 6.07 Å². The smallest absolute Gasteiger partial charge is 0.180 e. The summed E-state index contributed by atoms with van der Waals surface area (Å²) in [6.07, 6.45) is 3.68. The van der Waals surface area contributed by atoms with Crippen LogP contribution in [-0.4, -0.2) is 19.8 Å². The third-order valence-electron chi connectivity index (χ3n) is 4.11. The number of hydrogen-bond acceptors (Lipinski definition) is 3. The van der Waals surface area contributed by atoms with Gasteiger partial charge in [0.25, 0.3) is 0 Å². The Balaban J connectivity index is 2.08. The van der Waals surface area contributed by atoms with Gasteiger partial charge in [-0.1, -0.05) is 31.9 Å². The average Bonchev–Trinajstić information content (AvgIpc) is 2.47. The Morgan fingerprint density at radius 2 is 2.05 bits per heavy atom. The van der Waals surface area contributed by atoms with Crippen LogP contribution in [0.25, 0.3) is 0 Å². The van der Waals surface area contributed by atoms with Gasteiger partial charge in [-0.05, 0) is 42.5 Å². The van der Waals surface area contributed by atoms with Crippen molar-refractivity contribution in [1.29, 1.82) is 0 Å². The van der Waals surface area contributed by atoms with E-state index in [9.17, 15) is 0 Å². The topological polar surface area (TPSA) is 30.5 Å². The van der Waals surface area contributed by atoms with E-state index < -0.39 is 0 Å². The van der Waals surface area contributed by atoms with E-state index in [4.69, 9.17) is 21.1 Å². The summed E-state index contributed by atoms with van der Waals surface area (Å²) < 4.78 is 11.4. The van der Waals surface area contributed by atoms with Crippen molar-refractivity contribution in [3.63, 3.8) is 0 Å². The molecular weight excluding hydrogens is 274 g/mol. The van der Waals surface area contributed by atoms with Crippen LogP contribution in [0.2, 0.25) is 5.02 Å². The van der Waals surface area contributed by atoms with Crippen LogP contribution < -0.4 is 14.8 Å². The molecule has 2 aliphatic heterocycles. The molecule has 1 fully saturated rings. The first kappa shape index (κ1) is 14.0. The van der Waals surface area contributed by atoms with E-state index in [-0.39, 0.29) is 0 Å². The van der Waals surface area contributed by atoms with E-state index in [0.717, 1.165) is 29.5 Å². The number of fused-ring (bicyclic) bond motifs is 1. The zero-order chi connectivity index (χ0) is 14.1. The lowest BCUT2D eigenvalue weighted by Gasteiger charge is -2.30. The Hall–Kier alpha value is -0.930. The Morgan fingerprint density at radius 1 is 1.25 bits per heavy atom. The number of piperidine rings is 1. The highest BCUT2D eigenvalue weighted by Gasteiger charge is 2.27. The third-order valence-corrected chi connectivity index (χ3v) is 4.48. The van der Waals surface area contributed by atoms with Crippen LogP contribution in [0.4, 0.5) is 0 Å². The van der Waals surface area contributed by atoms with E-state index >= 15 is 0 Å². The van der Waals surface area contributed by atoms with E-state index in [2.05, 4.69) is 25.2 Å². The molecule has 110 valence electrons. The molecule has 3 rings (SSSR count). The van der Waals surface area contributed by atoms with Crippen LogP contribution in [0, 0.1) is 0 Å². The Morgan fingerprint density at radius 3 is 2.75 bits per heavy atom. The lowest BCUT2D eigenvalue weighted by Crippen LogP contribution is -2.28. The third kappa shape index (κ3) is 2.49. The van der Waals surface area contributed by atoms with Crippen molar-refractivity contribution in [3.8, 4) is 11.5 Å². The molecule has 1 saturated heterocycles. The first-order valence-electron chi connectivity index (χ1n) is 7.53. The van der Waals surface area contributed by atoms with Gasteiger partial charge in [-0.3, -0.25) is 0 Å². The molecule has 0 spiro atoms. The summed E-state index contributed by atoms with van der Waals surface area (Å²) in [5, 5.41) is 4.35. The largest absolute Gasteiger partial charge is 0.486 e. The number of nitrogens with one attached hydrogen (secondary N) is 1. The van der Waals surface area contributed by atoms with Crippen molar-refractivity contribution in [2.75, 3.05) is 19.8 Å². The van der Waals surface area contributed by atoms with Gasteiger partial charge in [0.05, 0.1) is 5.02 Å². The predicted octanol–water partition coefficient (Wildman–Crippen LogP) is 4.05. The fourth-order valence-electron chi connectivity index (χ4n) is 3.17. The Kier molecular flexibility index (Phi) is 4.08. The van der Waals surface area contributed by atoms with Crippen LogP contribution in [0.5, 0.6) is 11.5 Å². The van der Waals surface area contributed by atoms with Crippen LogP contribution in [0.1, 0.15) is 56.2 Å². The summed E-state index contributed by atoms with van der Waals surface area (Å²) in [7, 11) is 0. The molecule has 3 nitrogen and oxygen atoms in total. The molecule has 0 bridgehead atoms. The highest BCUT2D eigenvalue weighted by Crippen LogP contribution is 2.46. The molecule has 1 aromatic rings. The number of ether oxygens (including phenoxy) is 2. The fourth-order valence-corrected chi connectivity index (χ4v) is 3.65. The van der Waals surface area contributed by atoms with Crippen molar-refractivity contribution in [1.82, 2.24) is 5.32 Å². The second kappa shape index (κ2) is 5.82. The SMILES string of the molecule is CC(C)c1c(C2CCCCN2)cc2c(c1Cl)OCCO2. The monoisotopic (exact) mass is 295 g/mol. The van der Waals surface area contributed by atoms with E-state index in [1.54, 1.807) is 0 Å². The fraction of sp³-hybridized carbons (Fsp3) is 0.625. The van der Waals surface area contributed by atoms with Gasteiger partial charge in [-0.25, -0.2) is 0 Å². The lowest BCUT2D eigenvalue weighted by atomic mass is 9.88. The molecule has 2 aliphatic rings. The number of halogens is 1.